The minimum absolute atomic E-state index is 0.332. The van der Waals surface area contributed by atoms with E-state index in [-0.39, 0.29) is 0 Å². The van der Waals surface area contributed by atoms with Crippen molar-refractivity contribution in [2.24, 2.45) is 0 Å². The molecule has 2 N–H and O–H groups in total. The van der Waals surface area contributed by atoms with Crippen LogP contribution in [0.2, 0.25) is 0 Å². The van der Waals surface area contributed by atoms with Gasteiger partial charge in [-0.2, -0.15) is 4.98 Å². The smallest absolute Gasteiger partial charge is 0.405 e. The molecule has 0 aliphatic heterocycles. The van der Waals surface area contributed by atoms with Gasteiger partial charge in [0.15, 0.2) is 0 Å². The predicted octanol–water partition coefficient (Wildman–Crippen LogP) is 2.33. The lowest BCUT2D eigenvalue weighted by Crippen LogP contribution is -2.44. The van der Waals surface area contributed by atoms with Gasteiger partial charge >= 0.3 is 6.09 Å². The van der Waals surface area contributed by atoms with Gasteiger partial charge < -0.3 is 14.9 Å². The number of rotatable bonds is 4. The summed E-state index contributed by atoms with van der Waals surface area (Å²) in [5.74, 6) is 0.902. The minimum Gasteiger partial charge on any atom is -0.465 e. The Bertz CT molecular complexity index is 564. The number of amides is 1. The third-order valence-corrected chi connectivity index (χ3v) is 2.54. The molecule has 0 aliphatic carbocycles. The standard InChI is InChI=1S/C13H15N3O3/c1-13(2,15-12(17)18)8-10-14-11(16-19-10)9-6-4-3-5-7-9/h3-7,15H,8H2,1-2H3,(H,17,18). The number of hydrogen-bond acceptors (Lipinski definition) is 4. The topological polar surface area (TPSA) is 88.3 Å². The van der Waals surface area contributed by atoms with Gasteiger partial charge in [0, 0.05) is 17.5 Å². The Morgan fingerprint density at radius 2 is 2.05 bits per heavy atom. The lowest BCUT2D eigenvalue weighted by atomic mass is 10.0. The molecule has 6 heteroatoms. The molecule has 2 aromatic rings. The fourth-order valence-electron chi connectivity index (χ4n) is 1.74. The second kappa shape index (κ2) is 5.09. The number of carboxylic acid groups (broad SMARTS) is 1. The molecule has 0 unspecified atom stereocenters. The third-order valence-electron chi connectivity index (χ3n) is 2.54. The summed E-state index contributed by atoms with van der Waals surface area (Å²) in [6.45, 7) is 3.51. The average molecular weight is 261 g/mol. The Hall–Kier alpha value is -2.37. The molecule has 0 saturated heterocycles. The highest BCUT2D eigenvalue weighted by atomic mass is 16.5. The van der Waals surface area contributed by atoms with Gasteiger partial charge in [-0.25, -0.2) is 4.79 Å². The normalized spacial score (nSPS) is 11.3. The van der Waals surface area contributed by atoms with E-state index >= 15 is 0 Å². The summed E-state index contributed by atoms with van der Waals surface area (Å²) in [6, 6.07) is 9.46. The van der Waals surface area contributed by atoms with Crippen LogP contribution in [0.25, 0.3) is 11.4 Å². The lowest BCUT2D eigenvalue weighted by Gasteiger charge is -2.22. The molecule has 19 heavy (non-hydrogen) atoms. The highest BCUT2D eigenvalue weighted by Gasteiger charge is 2.24. The summed E-state index contributed by atoms with van der Waals surface area (Å²) >= 11 is 0. The molecular formula is C13H15N3O3. The van der Waals surface area contributed by atoms with Crippen molar-refractivity contribution >= 4 is 6.09 Å². The lowest BCUT2D eigenvalue weighted by molar-refractivity contribution is 0.180. The van der Waals surface area contributed by atoms with Crippen molar-refractivity contribution in [1.82, 2.24) is 15.5 Å². The van der Waals surface area contributed by atoms with Crippen molar-refractivity contribution in [3.63, 3.8) is 0 Å². The fourth-order valence-corrected chi connectivity index (χ4v) is 1.74. The van der Waals surface area contributed by atoms with Gasteiger partial charge in [-0.3, -0.25) is 0 Å². The van der Waals surface area contributed by atoms with E-state index in [0.717, 1.165) is 5.56 Å². The molecule has 1 aromatic carbocycles. The van der Waals surface area contributed by atoms with E-state index in [9.17, 15) is 4.79 Å². The summed E-state index contributed by atoms with van der Waals surface area (Å²) < 4.78 is 5.14. The van der Waals surface area contributed by atoms with E-state index in [4.69, 9.17) is 9.63 Å². The van der Waals surface area contributed by atoms with Gasteiger partial charge in [-0.15, -0.1) is 0 Å². The first-order valence-electron chi connectivity index (χ1n) is 5.85. The van der Waals surface area contributed by atoms with Crippen molar-refractivity contribution in [3.8, 4) is 11.4 Å². The second-order valence-electron chi connectivity index (χ2n) is 4.87. The number of hydrogen-bond donors (Lipinski definition) is 2. The highest BCUT2D eigenvalue weighted by molar-refractivity contribution is 5.65. The van der Waals surface area contributed by atoms with Crippen LogP contribution in [0.4, 0.5) is 4.79 Å². The molecule has 100 valence electrons. The minimum atomic E-state index is -1.08. The van der Waals surface area contributed by atoms with Gasteiger partial charge in [-0.05, 0) is 13.8 Å². The summed E-state index contributed by atoms with van der Waals surface area (Å²) in [6.07, 6.45) is -0.744. The monoisotopic (exact) mass is 261 g/mol. The van der Waals surface area contributed by atoms with E-state index in [1.54, 1.807) is 13.8 Å². The summed E-state index contributed by atoms with van der Waals surface area (Å²) in [7, 11) is 0. The van der Waals surface area contributed by atoms with E-state index in [1.807, 2.05) is 30.3 Å². The van der Waals surface area contributed by atoms with Crippen LogP contribution in [0.3, 0.4) is 0 Å². The number of nitrogens with one attached hydrogen (secondary N) is 1. The van der Waals surface area contributed by atoms with Crippen molar-refractivity contribution in [2.75, 3.05) is 0 Å². The summed E-state index contributed by atoms with van der Waals surface area (Å²) in [4.78, 5) is 14.9. The average Bonchev–Trinajstić information content (AvgIpc) is 2.76. The highest BCUT2D eigenvalue weighted by Crippen LogP contribution is 2.17. The molecule has 0 aliphatic rings. The Kier molecular flexibility index (Phi) is 3.50. The first kappa shape index (κ1) is 13.1. The van der Waals surface area contributed by atoms with Gasteiger partial charge in [0.1, 0.15) is 0 Å². The third kappa shape index (κ3) is 3.54. The first-order chi connectivity index (χ1) is 8.96. The van der Waals surface area contributed by atoms with Crippen LogP contribution < -0.4 is 5.32 Å². The summed E-state index contributed by atoms with van der Waals surface area (Å²) in [5, 5.41) is 15.0. The van der Waals surface area contributed by atoms with E-state index < -0.39 is 11.6 Å². The van der Waals surface area contributed by atoms with Crippen molar-refractivity contribution in [2.45, 2.75) is 25.8 Å². The number of nitrogens with zero attached hydrogens (tertiary/aromatic N) is 2. The van der Waals surface area contributed by atoms with Crippen LogP contribution in [0, 0.1) is 0 Å². The molecule has 2 rings (SSSR count). The largest absolute Gasteiger partial charge is 0.465 e. The zero-order chi connectivity index (χ0) is 13.9. The number of benzene rings is 1. The molecule has 1 heterocycles. The Balaban J connectivity index is 2.12. The molecular weight excluding hydrogens is 246 g/mol. The number of aromatic nitrogens is 2. The zero-order valence-electron chi connectivity index (χ0n) is 10.8. The van der Waals surface area contributed by atoms with Crippen molar-refractivity contribution < 1.29 is 14.4 Å². The van der Waals surface area contributed by atoms with Crippen molar-refractivity contribution in [1.29, 1.82) is 0 Å². The van der Waals surface area contributed by atoms with Crippen molar-refractivity contribution in [3.05, 3.63) is 36.2 Å². The second-order valence-corrected chi connectivity index (χ2v) is 4.87. The first-order valence-corrected chi connectivity index (χ1v) is 5.85. The molecule has 0 radical (unpaired) electrons. The maximum Gasteiger partial charge on any atom is 0.405 e. The van der Waals surface area contributed by atoms with E-state index in [2.05, 4.69) is 15.5 Å². The molecule has 1 aromatic heterocycles. The molecule has 0 spiro atoms. The molecule has 0 fully saturated rings. The fraction of sp³-hybridized carbons (Fsp3) is 0.308. The summed E-state index contributed by atoms with van der Waals surface area (Å²) in [5.41, 5.74) is 0.202. The van der Waals surface area contributed by atoms with E-state index in [0.29, 0.717) is 18.1 Å². The molecule has 6 nitrogen and oxygen atoms in total. The maximum absolute atomic E-state index is 10.7. The molecule has 1 amide bonds. The van der Waals surface area contributed by atoms with Crippen LogP contribution in [0.1, 0.15) is 19.7 Å². The maximum atomic E-state index is 10.7. The molecule has 0 saturated carbocycles. The van der Waals surface area contributed by atoms with Crippen LogP contribution in [-0.2, 0) is 6.42 Å². The van der Waals surface area contributed by atoms with E-state index in [1.165, 1.54) is 0 Å². The van der Waals surface area contributed by atoms with Crippen LogP contribution in [0.5, 0.6) is 0 Å². The zero-order valence-corrected chi connectivity index (χ0v) is 10.8. The Morgan fingerprint density at radius 3 is 2.68 bits per heavy atom. The Labute approximate surface area is 110 Å². The van der Waals surface area contributed by atoms with Crippen LogP contribution in [-0.4, -0.2) is 26.9 Å². The van der Waals surface area contributed by atoms with Gasteiger partial charge in [0.2, 0.25) is 11.7 Å². The van der Waals surface area contributed by atoms with Gasteiger partial charge in [0.25, 0.3) is 0 Å². The van der Waals surface area contributed by atoms with Crippen LogP contribution >= 0.6 is 0 Å². The van der Waals surface area contributed by atoms with Crippen LogP contribution in [0.15, 0.2) is 34.9 Å². The Morgan fingerprint density at radius 1 is 1.37 bits per heavy atom. The van der Waals surface area contributed by atoms with Gasteiger partial charge in [0.05, 0.1) is 0 Å². The molecule has 0 atom stereocenters. The quantitative estimate of drug-likeness (QED) is 0.881. The molecule has 0 bridgehead atoms. The SMILES string of the molecule is CC(C)(Cc1nc(-c2ccccc2)no1)NC(=O)O. The number of carbonyl (C=O) groups is 1. The van der Waals surface area contributed by atoms with Gasteiger partial charge in [-0.1, -0.05) is 35.5 Å². The predicted molar refractivity (Wildman–Crippen MR) is 68.7 cm³/mol.